The van der Waals surface area contributed by atoms with E-state index in [1.165, 1.54) is 0 Å². The van der Waals surface area contributed by atoms with Crippen molar-refractivity contribution in [1.82, 2.24) is 0 Å². The Balaban J connectivity index is 2.13. The normalized spacial score (nSPS) is 32.6. The lowest BCUT2D eigenvalue weighted by Crippen LogP contribution is -2.46. The van der Waals surface area contributed by atoms with Gasteiger partial charge in [0.25, 0.3) is 0 Å². The van der Waals surface area contributed by atoms with Crippen LogP contribution >= 0.6 is 0 Å². The van der Waals surface area contributed by atoms with Crippen molar-refractivity contribution in [3.05, 3.63) is 12.7 Å². The number of hydrogen-bond donors (Lipinski definition) is 0. The molecule has 0 radical (unpaired) electrons. The van der Waals surface area contributed by atoms with Crippen molar-refractivity contribution >= 4 is 0 Å². The molecule has 0 aromatic carbocycles. The highest BCUT2D eigenvalue weighted by molar-refractivity contribution is 5.09. The first-order chi connectivity index (χ1) is 9.62. The molecule has 0 N–H and O–H groups in total. The van der Waals surface area contributed by atoms with E-state index in [1.807, 2.05) is 6.08 Å². The van der Waals surface area contributed by atoms with Gasteiger partial charge in [-0.1, -0.05) is 13.0 Å². The van der Waals surface area contributed by atoms with Crippen molar-refractivity contribution in [2.75, 3.05) is 13.2 Å². The molecule has 1 heterocycles. The summed E-state index contributed by atoms with van der Waals surface area (Å²) in [6, 6.07) is 0. The molecule has 3 atom stereocenters. The van der Waals surface area contributed by atoms with Crippen LogP contribution in [0.2, 0.25) is 0 Å². The van der Waals surface area contributed by atoms with E-state index < -0.39 is 5.79 Å². The Labute approximate surface area is 122 Å². The summed E-state index contributed by atoms with van der Waals surface area (Å²) in [7, 11) is 0. The molecule has 2 rings (SSSR count). The summed E-state index contributed by atoms with van der Waals surface area (Å²) in [6.45, 7) is 7.61. The van der Waals surface area contributed by atoms with Crippen molar-refractivity contribution in [3.8, 4) is 24.7 Å². The molecule has 108 valence electrons. The molecule has 2 nitrogen and oxygen atoms in total. The average molecular weight is 272 g/mol. The third-order valence-electron chi connectivity index (χ3n) is 5.12. The van der Waals surface area contributed by atoms with Crippen molar-refractivity contribution in [3.63, 3.8) is 0 Å². The van der Waals surface area contributed by atoms with E-state index in [9.17, 15) is 0 Å². The highest BCUT2D eigenvalue weighted by atomic mass is 16.7. The fourth-order valence-corrected chi connectivity index (χ4v) is 3.78. The summed E-state index contributed by atoms with van der Waals surface area (Å²) in [6.07, 6.45) is 17.5. The van der Waals surface area contributed by atoms with E-state index in [-0.39, 0.29) is 11.3 Å². The fourth-order valence-electron chi connectivity index (χ4n) is 3.78. The van der Waals surface area contributed by atoms with Gasteiger partial charge in [0.05, 0.1) is 13.2 Å². The summed E-state index contributed by atoms with van der Waals surface area (Å²) < 4.78 is 12.0. The van der Waals surface area contributed by atoms with E-state index in [0.29, 0.717) is 25.6 Å². The van der Waals surface area contributed by atoms with Gasteiger partial charge in [-0.3, -0.25) is 0 Å². The molecule has 2 fully saturated rings. The van der Waals surface area contributed by atoms with Gasteiger partial charge in [0, 0.05) is 24.2 Å². The second-order valence-corrected chi connectivity index (χ2v) is 6.06. The standard InChI is InChI=1S/C18H24O2/c1-5-8-15(6-2)9-11-17(4)16(7-3)10-12-18(17)19-13-14-20-18/h1-2,7,15-16H,3,8-14H2,4H3/t15?,16-,17+/m1/s1. The Morgan fingerprint density at radius 3 is 2.65 bits per heavy atom. The molecule has 0 aromatic rings. The van der Waals surface area contributed by atoms with Crippen molar-refractivity contribution < 1.29 is 9.47 Å². The van der Waals surface area contributed by atoms with E-state index in [2.05, 4.69) is 25.3 Å². The van der Waals surface area contributed by atoms with Crippen LogP contribution in [0.5, 0.6) is 0 Å². The quantitative estimate of drug-likeness (QED) is 0.564. The monoisotopic (exact) mass is 272 g/mol. The number of allylic oxidation sites excluding steroid dienone is 1. The SMILES string of the molecule is C#CCC(C#C)CC[C@@]1(C)[C@H](C=C)CCC12OCCO2. The number of ether oxygens (including phenoxy) is 2. The summed E-state index contributed by atoms with van der Waals surface area (Å²) in [5, 5.41) is 0. The number of terminal acetylenes is 2. The van der Waals surface area contributed by atoms with Crippen molar-refractivity contribution in [1.29, 1.82) is 0 Å². The zero-order valence-corrected chi connectivity index (χ0v) is 12.4. The predicted molar refractivity (Wildman–Crippen MR) is 80.7 cm³/mol. The predicted octanol–water partition coefficient (Wildman–Crippen LogP) is 3.38. The van der Waals surface area contributed by atoms with Crippen LogP contribution in [0.4, 0.5) is 0 Å². The van der Waals surface area contributed by atoms with Crippen molar-refractivity contribution in [2.24, 2.45) is 17.3 Å². The fraction of sp³-hybridized carbons (Fsp3) is 0.667. The molecular weight excluding hydrogens is 248 g/mol. The minimum Gasteiger partial charge on any atom is -0.347 e. The molecule has 1 aliphatic heterocycles. The lowest BCUT2D eigenvalue weighted by molar-refractivity contribution is -0.224. The van der Waals surface area contributed by atoms with Crippen LogP contribution in [0, 0.1) is 41.9 Å². The molecule has 1 saturated heterocycles. The lowest BCUT2D eigenvalue weighted by atomic mass is 9.71. The number of hydrogen-bond acceptors (Lipinski definition) is 2. The maximum absolute atomic E-state index is 6.01. The van der Waals surface area contributed by atoms with Crippen LogP contribution in [-0.2, 0) is 9.47 Å². The molecule has 1 aliphatic carbocycles. The van der Waals surface area contributed by atoms with Crippen LogP contribution in [0.3, 0.4) is 0 Å². The lowest BCUT2D eigenvalue weighted by Gasteiger charge is -2.42. The molecule has 1 spiro atoms. The summed E-state index contributed by atoms with van der Waals surface area (Å²) in [4.78, 5) is 0. The molecular formula is C18H24O2. The Kier molecular flexibility index (Phi) is 4.59. The first kappa shape index (κ1) is 15.2. The maximum atomic E-state index is 6.01. The van der Waals surface area contributed by atoms with Crippen LogP contribution < -0.4 is 0 Å². The Bertz CT molecular complexity index is 433. The van der Waals surface area contributed by atoms with Gasteiger partial charge < -0.3 is 9.47 Å². The van der Waals surface area contributed by atoms with Gasteiger partial charge in [0.15, 0.2) is 5.79 Å². The van der Waals surface area contributed by atoms with Gasteiger partial charge in [-0.2, -0.15) is 0 Å². The highest BCUT2D eigenvalue weighted by Crippen LogP contribution is 2.57. The second kappa shape index (κ2) is 6.04. The van der Waals surface area contributed by atoms with Gasteiger partial charge in [-0.15, -0.1) is 31.3 Å². The zero-order chi connectivity index (χ0) is 14.6. The minimum atomic E-state index is -0.443. The third-order valence-corrected chi connectivity index (χ3v) is 5.12. The zero-order valence-electron chi connectivity index (χ0n) is 12.4. The van der Waals surface area contributed by atoms with Gasteiger partial charge in [-0.05, 0) is 25.2 Å². The Morgan fingerprint density at radius 2 is 2.10 bits per heavy atom. The first-order valence-electron chi connectivity index (χ1n) is 7.42. The van der Waals surface area contributed by atoms with Gasteiger partial charge in [0.1, 0.15) is 0 Å². The van der Waals surface area contributed by atoms with Crippen LogP contribution in [-0.4, -0.2) is 19.0 Å². The summed E-state index contributed by atoms with van der Waals surface area (Å²) >= 11 is 0. The molecule has 2 heteroatoms. The van der Waals surface area contributed by atoms with E-state index in [4.69, 9.17) is 22.3 Å². The summed E-state index contributed by atoms with van der Waals surface area (Å²) in [5.74, 6) is 5.58. The summed E-state index contributed by atoms with van der Waals surface area (Å²) in [5.41, 5.74) is -0.0606. The minimum absolute atomic E-state index is 0.0606. The molecule has 1 saturated carbocycles. The Morgan fingerprint density at radius 1 is 1.40 bits per heavy atom. The second-order valence-electron chi connectivity index (χ2n) is 6.06. The van der Waals surface area contributed by atoms with Crippen LogP contribution in [0.25, 0.3) is 0 Å². The van der Waals surface area contributed by atoms with Crippen LogP contribution in [0.1, 0.15) is 39.0 Å². The highest BCUT2D eigenvalue weighted by Gasteiger charge is 2.59. The smallest absolute Gasteiger partial charge is 0.174 e. The van der Waals surface area contributed by atoms with E-state index in [1.54, 1.807) is 0 Å². The molecule has 1 unspecified atom stereocenters. The third kappa shape index (κ3) is 2.39. The van der Waals surface area contributed by atoms with Gasteiger partial charge in [0.2, 0.25) is 0 Å². The molecule has 0 amide bonds. The first-order valence-corrected chi connectivity index (χ1v) is 7.42. The Hall–Kier alpha value is -1.22. The molecule has 2 aliphatic rings. The maximum Gasteiger partial charge on any atom is 0.174 e. The van der Waals surface area contributed by atoms with Crippen LogP contribution in [0.15, 0.2) is 12.7 Å². The van der Waals surface area contributed by atoms with E-state index in [0.717, 1.165) is 25.7 Å². The largest absolute Gasteiger partial charge is 0.347 e. The molecule has 0 aromatic heterocycles. The number of rotatable bonds is 5. The van der Waals surface area contributed by atoms with Crippen molar-refractivity contribution in [2.45, 2.75) is 44.8 Å². The van der Waals surface area contributed by atoms with E-state index >= 15 is 0 Å². The van der Waals surface area contributed by atoms with Gasteiger partial charge in [-0.25, -0.2) is 0 Å². The average Bonchev–Trinajstić information content (AvgIpc) is 3.03. The topological polar surface area (TPSA) is 18.5 Å². The van der Waals surface area contributed by atoms with Gasteiger partial charge >= 0.3 is 0 Å². The molecule has 20 heavy (non-hydrogen) atoms. The molecule has 0 bridgehead atoms.